The van der Waals surface area contributed by atoms with Gasteiger partial charge in [-0.15, -0.1) is 0 Å². The van der Waals surface area contributed by atoms with Gasteiger partial charge in [-0.1, -0.05) is 24.6 Å². The van der Waals surface area contributed by atoms with E-state index < -0.39 is 0 Å². The second-order valence-corrected chi connectivity index (χ2v) is 5.51. The summed E-state index contributed by atoms with van der Waals surface area (Å²) in [6, 6.07) is 8.13. The second-order valence-electron chi connectivity index (χ2n) is 5.07. The molecule has 0 bridgehead atoms. The first-order chi connectivity index (χ1) is 10.1. The Balaban J connectivity index is 2.47. The second kappa shape index (κ2) is 6.92. The molecule has 1 unspecified atom stereocenters. The largest absolute Gasteiger partial charge is 0.496 e. The number of hydrogen-bond acceptors (Lipinski definition) is 3. The minimum absolute atomic E-state index is 0.0527. The summed E-state index contributed by atoms with van der Waals surface area (Å²) in [5, 5.41) is 4.14. The first-order valence-corrected chi connectivity index (χ1v) is 7.44. The summed E-state index contributed by atoms with van der Waals surface area (Å²) >= 11 is 5.94. The van der Waals surface area contributed by atoms with E-state index >= 15 is 0 Å². The van der Waals surface area contributed by atoms with E-state index in [2.05, 4.69) is 43.2 Å². The van der Waals surface area contributed by atoms with Crippen LogP contribution in [0.5, 0.6) is 5.75 Å². The van der Waals surface area contributed by atoms with Crippen LogP contribution in [-0.2, 0) is 0 Å². The molecular weight excluding hydrogens is 284 g/mol. The Morgan fingerprint density at radius 1 is 1.24 bits per heavy atom. The van der Waals surface area contributed by atoms with Crippen LogP contribution in [0.1, 0.15) is 35.3 Å². The van der Waals surface area contributed by atoms with Gasteiger partial charge in [-0.2, -0.15) is 0 Å². The van der Waals surface area contributed by atoms with Crippen molar-refractivity contribution >= 4 is 11.6 Å². The fourth-order valence-electron chi connectivity index (χ4n) is 2.48. The molecule has 0 amide bonds. The number of aromatic nitrogens is 1. The Morgan fingerprint density at radius 3 is 2.57 bits per heavy atom. The smallest absolute Gasteiger partial charge is 0.122 e. The Kier molecular flexibility index (Phi) is 5.21. The van der Waals surface area contributed by atoms with E-state index in [1.807, 2.05) is 12.1 Å². The molecule has 4 heteroatoms. The van der Waals surface area contributed by atoms with Crippen molar-refractivity contribution in [2.75, 3.05) is 13.7 Å². The monoisotopic (exact) mass is 304 g/mol. The van der Waals surface area contributed by atoms with Crippen molar-refractivity contribution in [1.82, 2.24) is 10.3 Å². The summed E-state index contributed by atoms with van der Waals surface area (Å²) < 4.78 is 5.39. The number of methoxy groups -OCH3 is 1. The highest BCUT2D eigenvalue weighted by molar-refractivity contribution is 6.30. The Labute approximate surface area is 131 Å². The van der Waals surface area contributed by atoms with Crippen LogP contribution < -0.4 is 10.1 Å². The number of aryl methyl sites for hydroxylation is 2. The Bertz CT molecular complexity index is 611. The number of pyridine rings is 1. The van der Waals surface area contributed by atoms with Crippen molar-refractivity contribution in [3.05, 3.63) is 57.9 Å². The van der Waals surface area contributed by atoms with Gasteiger partial charge in [0.05, 0.1) is 23.9 Å². The zero-order valence-corrected chi connectivity index (χ0v) is 13.7. The molecule has 0 aliphatic carbocycles. The molecule has 0 fully saturated rings. The van der Waals surface area contributed by atoms with Crippen molar-refractivity contribution in [3.63, 3.8) is 0 Å². The third-order valence-electron chi connectivity index (χ3n) is 3.55. The van der Waals surface area contributed by atoms with Gasteiger partial charge in [0, 0.05) is 6.20 Å². The molecule has 3 nitrogen and oxygen atoms in total. The maximum absolute atomic E-state index is 5.94. The summed E-state index contributed by atoms with van der Waals surface area (Å²) in [6.45, 7) is 7.10. The summed E-state index contributed by atoms with van der Waals surface area (Å²) in [7, 11) is 1.70. The number of nitrogens with zero attached hydrogens (tertiary/aromatic N) is 1. The highest BCUT2D eigenvalue weighted by atomic mass is 35.5. The molecule has 1 aromatic carbocycles. The maximum Gasteiger partial charge on any atom is 0.122 e. The predicted octanol–water partition coefficient (Wildman–Crippen LogP) is 4.06. The van der Waals surface area contributed by atoms with Crippen molar-refractivity contribution in [2.24, 2.45) is 0 Å². The highest BCUT2D eigenvalue weighted by Crippen LogP contribution is 2.29. The SMILES string of the molecule is CCNC(c1ccc(Cl)cn1)c1cc(C)c(OC)cc1C. The van der Waals surface area contributed by atoms with Gasteiger partial charge in [0.1, 0.15) is 5.75 Å². The zero-order valence-electron chi connectivity index (χ0n) is 12.9. The lowest BCUT2D eigenvalue weighted by atomic mass is 9.95. The third-order valence-corrected chi connectivity index (χ3v) is 3.77. The number of halogens is 1. The molecule has 0 aliphatic heterocycles. The van der Waals surface area contributed by atoms with Gasteiger partial charge in [-0.05, 0) is 55.3 Å². The molecule has 0 radical (unpaired) electrons. The minimum Gasteiger partial charge on any atom is -0.496 e. The lowest BCUT2D eigenvalue weighted by Crippen LogP contribution is -2.23. The van der Waals surface area contributed by atoms with Crippen LogP contribution in [0, 0.1) is 13.8 Å². The van der Waals surface area contributed by atoms with Crippen LogP contribution in [0.2, 0.25) is 5.02 Å². The molecule has 2 rings (SSSR count). The van der Waals surface area contributed by atoms with Gasteiger partial charge < -0.3 is 10.1 Å². The molecule has 1 aromatic heterocycles. The topological polar surface area (TPSA) is 34.2 Å². The third kappa shape index (κ3) is 3.55. The lowest BCUT2D eigenvalue weighted by molar-refractivity contribution is 0.411. The summed E-state index contributed by atoms with van der Waals surface area (Å²) in [4.78, 5) is 4.46. The summed E-state index contributed by atoms with van der Waals surface area (Å²) in [6.07, 6.45) is 1.69. The molecule has 1 atom stereocenters. The van der Waals surface area contributed by atoms with E-state index in [1.165, 1.54) is 11.1 Å². The fraction of sp³-hybridized carbons (Fsp3) is 0.353. The first kappa shape index (κ1) is 15.8. The fourth-order valence-corrected chi connectivity index (χ4v) is 2.59. The number of hydrogen-bond donors (Lipinski definition) is 1. The molecule has 0 saturated heterocycles. The molecule has 1 heterocycles. The van der Waals surface area contributed by atoms with Gasteiger partial charge in [0.15, 0.2) is 0 Å². The number of rotatable bonds is 5. The van der Waals surface area contributed by atoms with E-state index in [4.69, 9.17) is 16.3 Å². The van der Waals surface area contributed by atoms with Crippen LogP contribution in [0.15, 0.2) is 30.5 Å². The molecule has 0 saturated carbocycles. The minimum atomic E-state index is 0.0527. The van der Waals surface area contributed by atoms with Crippen LogP contribution in [0.4, 0.5) is 0 Å². The van der Waals surface area contributed by atoms with E-state index in [1.54, 1.807) is 13.3 Å². The lowest BCUT2D eigenvalue weighted by Gasteiger charge is -2.21. The van der Waals surface area contributed by atoms with Gasteiger partial charge in [0.25, 0.3) is 0 Å². The van der Waals surface area contributed by atoms with Gasteiger partial charge in [-0.3, -0.25) is 4.98 Å². The standard InChI is InChI=1S/C17H21ClN2O/c1-5-19-17(15-7-6-13(18)10-20-15)14-8-12(3)16(21-4)9-11(14)2/h6-10,17,19H,5H2,1-4H3. The highest BCUT2D eigenvalue weighted by Gasteiger charge is 2.18. The normalized spacial score (nSPS) is 12.2. The molecule has 21 heavy (non-hydrogen) atoms. The molecular formula is C17H21ClN2O. The van der Waals surface area contributed by atoms with E-state index in [-0.39, 0.29) is 6.04 Å². The van der Waals surface area contributed by atoms with Crippen LogP contribution in [0.3, 0.4) is 0 Å². The van der Waals surface area contributed by atoms with E-state index in [0.717, 1.165) is 23.6 Å². The van der Waals surface area contributed by atoms with Crippen LogP contribution in [0.25, 0.3) is 0 Å². The number of nitrogens with one attached hydrogen (secondary N) is 1. The van der Waals surface area contributed by atoms with E-state index in [0.29, 0.717) is 5.02 Å². The zero-order chi connectivity index (χ0) is 15.4. The van der Waals surface area contributed by atoms with Gasteiger partial charge >= 0.3 is 0 Å². The average molecular weight is 305 g/mol. The first-order valence-electron chi connectivity index (χ1n) is 7.06. The van der Waals surface area contributed by atoms with Crippen molar-refractivity contribution in [3.8, 4) is 5.75 Å². The summed E-state index contributed by atoms with van der Waals surface area (Å²) in [5.41, 5.74) is 4.48. The molecule has 1 N–H and O–H groups in total. The van der Waals surface area contributed by atoms with Gasteiger partial charge in [0.2, 0.25) is 0 Å². The number of ether oxygens (including phenoxy) is 1. The average Bonchev–Trinajstić information content (AvgIpc) is 2.48. The number of benzene rings is 1. The van der Waals surface area contributed by atoms with Crippen molar-refractivity contribution in [1.29, 1.82) is 0 Å². The van der Waals surface area contributed by atoms with Crippen molar-refractivity contribution in [2.45, 2.75) is 26.8 Å². The quantitative estimate of drug-likeness (QED) is 0.904. The predicted molar refractivity (Wildman–Crippen MR) is 87.2 cm³/mol. The van der Waals surface area contributed by atoms with Crippen molar-refractivity contribution < 1.29 is 4.74 Å². The maximum atomic E-state index is 5.94. The van der Waals surface area contributed by atoms with Crippen LogP contribution in [-0.4, -0.2) is 18.6 Å². The molecule has 0 aliphatic rings. The molecule has 0 spiro atoms. The Hall–Kier alpha value is -1.58. The van der Waals surface area contributed by atoms with Gasteiger partial charge in [-0.25, -0.2) is 0 Å². The van der Waals surface area contributed by atoms with Crippen LogP contribution >= 0.6 is 11.6 Å². The molecule has 2 aromatic rings. The summed E-state index contributed by atoms with van der Waals surface area (Å²) in [5.74, 6) is 0.913. The molecule has 112 valence electrons. The van der Waals surface area contributed by atoms with E-state index in [9.17, 15) is 0 Å². The Morgan fingerprint density at radius 2 is 2.00 bits per heavy atom.